The molecule has 0 saturated heterocycles. The van der Waals surface area contributed by atoms with Gasteiger partial charge in [0.15, 0.2) is 0 Å². The van der Waals surface area contributed by atoms with Gasteiger partial charge in [-0.3, -0.25) is 0 Å². The van der Waals surface area contributed by atoms with E-state index in [0.717, 1.165) is 43.2 Å². The fourth-order valence-electron chi connectivity index (χ4n) is 2.39. The molecule has 1 saturated carbocycles. The summed E-state index contributed by atoms with van der Waals surface area (Å²) in [6.45, 7) is 6.12. The topological polar surface area (TPSA) is 30.5 Å². The van der Waals surface area contributed by atoms with E-state index >= 15 is 0 Å². The molecule has 0 aromatic heterocycles. The van der Waals surface area contributed by atoms with Crippen LogP contribution in [-0.4, -0.2) is 31.4 Å². The molecule has 0 bridgehead atoms. The molecule has 3 unspecified atom stereocenters. The molecule has 1 N–H and O–H groups in total. The van der Waals surface area contributed by atoms with Gasteiger partial charge in [0.25, 0.3) is 0 Å². The van der Waals surface area contributed by atoms with Crippen molar-refractivity contribution in [2.45, 2.75) is 51.4 Å². The van der Waals surface area contributed by atoms with E-state index < -0.39 is 0 Å². The molecule has 1 aliphatic rings. The Balaban J connectivity index is 1.88. The average Bonchev–Trinajstić information content (AvgIpc) is 2.44. The van der Waals surface area contributed by atoms with Gasteiger partial charge in [0.1, 0.15) is 18.0 Å². The van der Waals surface area contributed by atoms with Crippen LogP contribution in [0.15, 0.2) is 24.3 Å². The van der Waals surface area contributed by atoms with Crippen molar-refractivity contribution >= 4 is 11.6 Å². The summed E-state index contributed by atoms with van der Waals surface area (Å²) in [7, 11) is 0. The molecule has 3 nitrogen and oxygen atoms in total. The fraction of sp³-hybridized carbons (Fsp3) is 0.625. The first kappa shape index (κ1) is 15.6. The van der Waals surface area contributed by atoms with E-state index in [1.807, 2.05) is 24.3 Å². The van der Waals surface area contributed by atoms with Crippen molar-refractivity contribution in [1.82, 2.24) is 5.32 Å². The zero-order valence-electron chi connectivity index (χ0n) is 12.3. The molecule has 2 rings (SSSR count). The van der Waals surface area contributed by atoms with Gasteiger partial charge in [-0.05, 0) is 43.7 Å². The van der Waals surface area contributed by atoms with E-state index in [1.54, 1.807) is 0 Å². The number of ether oxygens (including phenoxy) is 2. The van der Waals surface area contributed by atoms with Gasteiger partial charge in [-0.1, -0.05) is 25.4 Å². The minimum atomic E-state index is 0.136. The first-order valence-corrected chi connectivity index (χ1v) is 7.89. The van der Waals surface area contributed by atoms with Crippen LogP contribution in [0.25, 0.3) is 0 Å². The van der Waals surface area contributed by atoms with E-state index in [1.165, 1.54) is 0 Å². The molecule has 0 spiro atoms. The van der Waals surface area contributed by atoms with E-state index in [0.29, 0.717) is 6.04 Å². The Labute approximate surface area is 126 Å². The summed E-state index contributed by atoms with van der Waals surface area (Å²) in [5, 5.41) is 4.26. The molecule has 3 atom stereocenters. The molecular weight excluding hydrogens is 274 g/mol. The number of rotatable bonds is 8. The Hall–Kier alpha value is -0.770. The minimum Gasteiger partial charge on any atom is -0.488 e. The van der Waals surface area contributed by atoms with E-state index in [4.69, 9.17) is 21.1 Å². The SMILES string of the molecule is CCCNC1CC(Oc2ccc(Cl)cc2)C1OCCC. The Kier molecular flexibility index (Phi) is 6.14. The number of benzene rings is 1. The second kappa shape index (κ2) is 7.87. The molecular formula is C16H24ClNO2. The van der Waals surface area contributed by atoms with Crippen molar-refractivity contribution < 1.29 is 9.47 Å². The summed E-state index contributed by atoms with van der Waals surface area (Å²) >= 11 is 5.88. The maximum atomic E-state index is 6.00. The van der Waals surface area contributed by atoms with Crippen LogP contribution in [-0.2, 0) is 4.74 Å². The highest BCUT2D eigenvalue weighted by molar-refractivity contribution is 6.30. The van der Waals surface area contributed by atoms with Crippen LogP contribution in [0, 0.1) is 0 Å². The summed E-state index contributed by atoms with van der Waals surface area (Å²) in [6, 6.07) is 7.94. The van der Waals surface area contributed by atoms with Gasteiger partial charge in [0.2, 0.25) is 0 Å². The molecule has 1 fully saturated rings. The average molecular weight is 298 g/mol. The molecule has 0 radical (unpaired) electrons. The maximum Gasteiger partial charge on any atom is 0.128 e. The molecule has 0 aliphatic heterocycles. The third-order valence-electron chi connectivity index (χ3n) is 3.52. The van der Waals surface area contributed by atoms with Crippen LogP contribution in [0.5, 0.6) is 5.75 Å². The lowest BCUT2D eigenvalue weighted by Crippen LogP contribution is -2.61. The van der Waals surface area contributed by atoms with Crippen LogP contribution in [0.4, 0.5) is 0 Å². The fourth-order valence-corrected chi connectivity index (χ4v) is 2.52. The molecule has 112 valence electrons. The highest BCUT2D eigenvalue weighted by atomic mass is 35.5. The smallest absolute Gasteiger partial charge is 0.128 e. The monoisotopic (exact) mass is 297 g/mol. The van der Waals surface area contributed by atoms with Crippen molar-refractivity contribution in [1.29, 1.82) is 0 Å². The molecule has 0 heterocycles. The second-order valence-corrected chi connectivity index (χ2v) is 5.68. The van der Waals surface area contributed by atoms with Gasteiger partial charge in [-0.2, -0.15) is 0 Å². The van der Waals surface area contributed by atoms with Crippen LogP contribution in [0.2, 0.25) is 5.02 Å². The quantitative estimate of drug-likeness (QED) is 0.794. The third-order valence-corrected chi connectivity index (χ3v) is 3.77. The zero-order valence-corrected chi connectivity index (χ0v) is 13.0. The highest BCUT2D eigenvalue weighted by Crippen LogP contribution is 2.30. The molecule has 1 aromatic rings. The largest absolute Gasteiger partial charge is 0.488 e. The summed E-state index contributed by atoms with van der Waals surface area (Å²) in [6.07, 6.45) is 3.45. The standard InChI is InChI=1S/C16H24ClNO2/c1-3-9-18-14-11-15(16(14)19-10-4-2)20-13-7-5-12(17)6-8-13/h5-8,14-16,18H,3-4,9-11H2,1-2H3. The van der Waals surface area contributed by atoms with Crippen molar-refractivity contribution in [2.24, 2.45) is 0 Å². The van der Waals surface area contributed by atoms with Gasteiger partial charge in [-0.15, -0.1) is 0 Å². The Morgan fingerprint density at radius 3 is 2.60 bits per heavy atom. The van der Waals surface area contributed by atoms with Crippen LogP contribution in [0.1, 0.15) is 33.1 Å². The van der Waals surface area contributed by atoms with Crippen LogP contribution in [0.3, 0.4) is 0 Å². The number of hydrogen-bond donors (Lipinski definition) is 1. The number of hydrogen-bond acceptors (Lipinski definition) is 3. The van der Waals surface area contributed by atoms with Crippen molar-refractivity contribution in [3.05, 3.63) is 29.3 Å². The third kappa shape index (κ3) is 4.11. The zero-order chi connectivity index (χ0) is 14.4. The minimum absolute atomic E-state index is 0.136. The lowest BCUT2D eigenvalue weighted by atomic mass is 9.85. The lowest BCUT2D eigenvalue weighted by Gasteiger charge is -2.44. The van der Waals surface area contributed by atoms with Gasteiger partial charge < -0.3 is 14.8 Å². The molecule has 0 amide bonds. The van der Waals surface area contributed by atoms with E-state index in [9.17, 15) is 0 Å². The molecule has 20 heavy (non-hydrogen) atoms. The predicted molar refractivity (Wildman–Crippen MR) is 82.6 cm³/mol. The Morgan fingerprint density at radius 2 is 1.95 bits per heavy atom. The van der Waals surface area contributed by atoms with E-state index in [-0.39, 0.29) is 12.2 Å². The predicted octanol–water partition coefficient (Wildman–Crippen LogP) is 3.65. The van der Waals surface area contributed by atoms with Gasteiger partial charge >= 0.3 is 0 Å². The number of halogens is 1. The molecule has 1 aromatic carbocycles. The van der Waals surface area contributed by atoms with Gasteiger partial charge in [0.05, 0.1) is 0 Å². The Bertz CT molecular complexity index is 396. The first-order valence-electron chi connectivity index (χ1n) is 7.51. The Morgan fingerprint density at radius 1 is 1.20 bits per heavy atom. The summed E-state index contributed by atoms with van der Waals surface area (Å²) in [5.74, 6) is 0.860. The summed E-state index contributed by atoms with van der Waals surface area (Å²) in [4.78, 5) is 0. The first-order chi connectivity index (χ1) is 9.74. The normalized spacial score (nSPS) is 25.2. The molecule has 1 aliphatic carbocycles. The summed E-state index contributed by atoms with van der Waals surface area (Å²) in [5.41, 5.74) is 0. The summed E-state index contributed by atoms with van der Waals surface area (Å²) < 4.78 is 11.9. The molecule has 4 heteroatoms. The van der Waals surface area contributed by atoms with Crippen molar-refractivity contribution in [3.63, 3.8) is 0 Å². The number of nitrogens with one attached hydrogen (secondary N) is 1. The van der Waals surface area contributed by atoms with Gasteiger partial charge in [-0.25, -0.2) is 0 Å². The van der Waals surface area contributed by atoms with Crippen LogP contribution < -0.4 is 10.1 Å². The van der Waals surface area contributed by atoms with Crippen molar-refractivity contribution in [2.75, 3.05) is 13.2 Å². The highest BCUT2D eigenvalue weighted by Gasteiger charge is 2.43. The maximum absolute atomic E-state index is 6.00. The van der Waals surface area contributed by atoms with Crippen LogP contribution >= 0.6 is 11.6 Å². The lowest BCUT2D eigenvalue weighted by molar-refractivity contribution is -0.107. The second-order valence-electron chi connectivity index (χ2n) is 5.24. The van der Waals surface area contributed by atoms with E-state index in [2.05, 4.69) is 19.2 Å². The van der Waals surface area contributed by atoms with Crippen molar-refractivity contribution in [3.8, 4) is 5.75 Å². The van der Waals surface area contributed by atoms with Gasteiger partial charge in [0, 0.05) is 24.1 Å².